The zero-order valence-corrected chi connectivity index (χ0v) is 22.8. The van der Waals surface area contributed by atoms with Crippen LogP contribution in [0.5, 0.6) is 0 Å². The molecule has 0 rings (SSSR count). The van der Waals surface area contributed by atoms with Crippen molar-refractivity contribution < 1.29 is 0 Å². The van der Waals surface area contributed by atoms with Crippen LogP contribution in [0.3, 0.4) is 0 Å². The van der Waals surface area contributed by atoms with Gasteiger partial charge in [0.15, 0.2) is 0 Å². The molecule has 0 atom stereocenters. The van der Waals surface area contributed by atoms with Crippen LogP contribution in [-0.4, -0.2) is 0 Å². The van der Waals surface area contributed by atoms with Gasteiger partial charge in [0.1, 0.15) is 0 Å². The molecule has 0 aromatic rings. The maximum absolute atomic E-state index is 2.54. The van der Waals surface area contributed by atoms with Crippen LogP contribution in [0, 0.1) is 63.6 Å². The Labute approximate surface area is 181 Å². The Balaban J connectivity index is 7.30. The van der Waals surface area contributed by atoms with E-state index >= 15 is 0 Å². The summed E-state index contributed by atoms with van der Waals surface area (Å²) >= 11 is 0. The van der Waals surface area contributed by atoms with E-state index in [9.17, 15) is 0 Å². The van der Waals surface area contributed by atoms with Gasteiger partial charge in [-0.05, 0) is 70.0 Å². The van der Waals surface area contributed by atoms with Gasteiger partial charge in [-0.1, -0.05) is 111 Å². The van der Waals surface area contributed by atoms with Gasteiger partial charge in [-0.15, -0.1) is 0 Å². The van der Waals surface area contributed by atoms with Crippen molar-refractivity contribution >= 4 is 0 Å². The summed E-state index contributed by atoms with van der Waals surface area (Å²) in [5.41, 5.74) is 0.986. The van der Waals surface area contributed by atoms with Crippen LogP contribution in [-0.2, 0) is 0 Å². The molecule has 0 N–H and O–H groups in total. The minimum absolute atomic E-state index is 0.308. The molecule has 0 fully saturated rings. The highest BCUT2D eigenvalue weighted by Crippen LogP contribution is 2.68. The molecule has 0 saturated carbocycles. The highest BCUT2D eigenvalue weighted by atomic mass is 14.7. The van der Waals surface area contributed by atoms with E-state index in [4.69, 9.17) is 0 Å². The molecule has 28 heavy (non-hydrogen) atoms. The first-order valence-corrected chi connectivity index (χ1v) is 12.5. The quantitative estimate of drug-likeness (QED) is 0.327. The number of rotatable bonds is 11. The van der Waals surface area contributed by atoms with Crippen molar-refractivity contribution in [1.82, 2.24) is 0 Å². The molecule has 0 saturated heterocycles. The third kappa shape index (κ3) is 4.09. The van der Waals surface area contributed by atoms with Gasteiger partial charge in [0.05, 0.1) is 0 Å². The van der Waals surface area contributed by atoms with Crippen molar-refractivity contribution in [2.45, 2.75) is 117 Å². The fraction of sp³-hybridized carbons (Fsp3) is 1.00. The predicted molar refractivity (Wildman–Crippen MR) is 131 cm³/mol. The Hall–Kier alpha value is 0. The molecule has 0 aliphatic heterocycles. The maximum atomic E-state index is 2.54. The second kappa shape index (κ2) is 9.87. The van der Waals surface area contributed by atoms with Crippen LogP contribution >= 0.6 is 0 Å². The summed E-state index contributed by atoms with van der Waals surface area (Å²) < 4.78 is 0. The molecule has 170 valence electrons. The highest BCUT2D eigenvalue weighted by molar-refractivity contribution is 5.09. The topological polar surface area (TPSA) is 0 Å². The van der Waals surface area contributed by atoms with Crippen molar-refractivity contribution in [1.29, 1.82) is 0 Å². The predicted octanol–water partition coefficient (Wildman–Crippen LogP) is 9.58. The van der Waals surface area contributed by atoms with Crippen LogP contribution in [0.15, 0.2) is 0 Å². The smallest absolute Gasteiger partial charge is 0.0167 e. The molecule has 0 unspecified atom stereocenters. The van der Waals surface area contributed by atoms with Crippen molar-refractivity contribution in [2.75, 3.05) is 0 Å². The standard InChI is InChI=1S/C28H58/c1-18(2)26(19(3)4,20(5)6)17-27(21(7)8,22(9)10)28(23(11)12,24(13)14)25(15)16/h18-25H,17H2,1-16H3. The molecule has 0 amide bonds. The van der Waals surface area contributed by atoms with E-state index in [-0.39, 0.29) is 0 Å². The Morgan fingerprint density at radius 1 is 0.357 bits per heavy atom. The molecule has 0 aliphatic rings. The molecule has 0 radical (unpaired) electrons. The van der Waals surface area contributed by atoms with Gasteiger partial charge in [-0.25, -0.2) is 0 Å². The van der Waals surface area contributed by atoms with Gasteiger partial charge in [0.25, 0.3) is 0 Å². The van der Waals surface area contributed by atoms with Gasteiger partial charge in [0, 0.05) is 0 Å². The third-order valence-corrected chi connectivity index (χ3v) is 9.56. The molecule has 0 spiro atoms. The van der Waals surface area contributed by atoms with Gasteiger partial charge in [0.2, 0.25) is 0 Å². The van der Waals surface area contributed by atoms with Crippen LogP contribution < -0.4 is 0 Å². The summed E-state index contributed by atoms with van der Waals surface area (Å²) in [6.07, 6.45) is 1.34. The van der Waals surface area contributed by atoms with Crippen LogP contribution in [0.1, 0.15) is 117 Å². The first-order chi connectivity index (χ1) is 12.5. The van der Waals surface area contributed by atoms with Crippen molar-refractivity contribution in [3.63, 3.8) is 0 Å². The molecule has 0 aromatic heterocycles. The number of hydrogen-bond donors (Lipinski definition) is 0. The van der Waals surface area contributed by atoms with Gasteiger partial charge in [-0.2, -0.15) is 0 Å². The van der Waals surface area contributed by atoms with Crippen LogP contribution in [0.25, 0.3) is 0 Å². The molecule has 0 aliphatic carbocycles. The first kappa shape index (κ1) is 28.0. The van der Waals surface area contributed by atoms with E-state index in [0.717, 1.165) is 0 Å². The molecule has 0 bridgehead atoms. The summed E-state index contributed by atoms with van der Waals surface area (Å²) in [6, 6.07) is 0. The van der Waals surface area contributed by atoms with E-state index in [1.54, 1.807) is 0 Å². The summed E-state index contributed by atoms with van der Waals surface area (Å²) in [5.74, 6) is 5.39. The summed E-state index contributed by atoms with van der Waals surface area (Å²) in [7, 11) is 0. The zero-order valence-electron chi connectivity index (χ0n) is 22.8. The second-order valence-electron chi connectivity index (χ2n) is 12.5. The van der Waals surface area contributed by atoms with E-state index in [2.05, 4.69) is 111 Å². The zero-order chi connectivity index (χ0) is 22.8. The molecule has 0 heterocycles. The lowest BCUT2D eigenvalue weighted by Crippen LogP contribution is -2.61. The van der Waals surface area contributed by atoms with Crippen LogP contribution in [0.4, 0.5) is 0 Å². The van der Waals surface area contributed by atoms with Gasteiger partial charge >= 0.3 is 0 Å². The van der Waals surface area contributed by atoms with Crippen molar-refractivity contribution in [3.8, 4) is 0 Å². The fourth-order valence-corrected chi connectivity index (χ4v) is 8.96. The van der Waals surface area contributed by atoms with Gasteiger partial charge in [-0.3, -0.25) is 0 Å². The summed E-state index contributed by atoms with van der Waals surface area (Å²) in [6.45, 7) is 40.2. The lowest BCUT2D eigenvalue weighted by atomic mass is 9.38. The van der Waals surface area contributed by atoms with Gasteiger partial charge < -0.3 is 0 Å². The second-order valence-corrected chi connectivity index (χ2v) is 12.5. The molecular formula is C28H58. The van der Waals surface area contributed by atoms with E-state index in [0.29, 0.717) is 63.6 Å². The average Bonchev–Trinajstić information content (AvgIpc) is 2.47. The first-order valence-electron chi connectivity index (χ1n) is 12.5. The molecule has 0 heteroatoms. The maximum Gasteiger partial charge on any atom is -0.0167 e. The molecule has 0 aromatic carbocycles. The largest absolute Gasteiger partial charge is 0.0622 e. The lowest BCUT2D eigenvalue weighted by Gasteiger charge is -2.66. The Morgan fingerprint density at radius 3 is 0.750 bits per heavy atom. The minimum Gasteiger partial charge on any atom is -0.0622 e. The Kier molecular flexibility index (Phi) is 9.87. The lowest BCUT2D eigenvalue weighted by molar-refractivity contribution is -0.187. The normalized spacial score (nSPS) is 15.0. The number of hydrogen-bond acceptors (Lipinski definition) is 0. The fourth-order valence-electron chi connectivity index (χ4n) is 8.96. The van der Waals surface area contributed by atoms with Crippen molar-refractivity contribution in [2.24, 2.45) is 63.6 Å². The Bertz CT molecular complexity index is 393. The minimum atomic E-state index is 0.308. The van der Waals surface area contributed by atoms with E-state index in [1.807, 2.05) is 0 Å². The summed E-state index contributed by atoms with van der Waals surface area (Å²) in [4.78, 5) is 0. The Morgan fingerprint density at radius 2 is 0.607 bits per heavy atom. The van der Waals surface area contributed by atoms with Crippen LogP contribution in [0.2, 0.25) is 0 Å². The molecule has 0 nitrogen and oxygen atoms in total. The SMILES string of the molecule is CC(C)C(CC(C(C)C)(C(C)C)C(C(C)C)(C(C)C)C(C)C)(C(C)C)C(C)C. The average molecular weight is 395 g/mol. The van der Waals surface area contributed by atoms with Crippen molar-refractivity contribution in [3.05, 3.63) is 0 Å². The molecular weight excluding hydrogens is 336 g/mol. The summed E-state index contributed by atoms with van der Waals surface area (Å²) in [5, 5.41) is 0. The monoisotopic (exact) mass is 394 g/mol. The highest BCUT2D eigenvalue weighted by Gasteiger charge is 2.62. The van der Waals surface area contributed by atoms with E-state index in [1.165, 1.54) is 6.42 Å². The third-order valence-electron chi connectivity index (χ3n) is 9.56. The van der Waals surface area contributed by atoms with E-state index < -0.39 is 0 Å².